The molecule has 2 aliphatic carbocycles. The minimum atomic E-state index is 0.537. The van der Waals surface area contributed by atoms with Crippen LogP contribution in [0.5, 0.6) is 0 Å². The first-order valence-corrected chi connectivity index (χ1v) is 7.89. The van der Waals surface area contributed by atoms with Crippen LogP contribution in [0.4, 0.5) is 0 Å². The molecule has 0 saturated heterocycles. The summed E-state index contributed by atoms with van der Waals surface area (Å²) in [5.74, 6) is 0. The van der Waals surface area contributed by atoms with Gasteiger partial charge in [-0.15, -0.1) is 0 Å². The molecule has 2 aliphatic rings. The van der Waals surface area contributed by atoms with Gasteiger partial charge in [-0.3, -0.25) is 0 Å². The predicted octanol–water partition coefficient (Wildman–Crippen LogP) is 6.04. The fourth-order valence-corrected chi connectivity index (χ4v) is 3.50. The first kappa shape index (κ1) is 13.9. The van der Waals surface area contributed by atoms with E-state index in [2.05, 4.69) is 39.8 Å². The highest BCUT2D eigenvalue weighted by atomic mass is 14.3. The Morgan fingerprint density at radius 1 is 0.889 bits per heavy atom. The largest absolute Gasteiger partial charge is 0.0805 e. The molecule has 18 heavy (non-hydrogen) atoms. The molecule has 0 radical (unpaired) electrons. The fourth-order valence-electron chi connectivity index (χ4n) is 3.50. The molecular weight excluding hydrogens is 216 g/mol. The maximum absolute atomic E-state index is 2.57. The van der Waals surface area contributed by atoms with Gasteiger partial charge in [0.15, 0.2) is 0 Å². The summed E-state index contributed by atoms with van der Waals surface area (Å²) in [6.45, 7) is 9.53. The third-order valence-corrected chi connectivity index (χ3v) is 5.59. The van der Waals surface area contributed by atoms with Crippen molar-refractivity contribution in [1.29, 1.82) is 0 Å². The first-order chi connectivity index (χ1) is 8.50. The molecule has 0 N–H and O–H groups in total. The summed E-state index contributed by atoms with van der Waals surface area (Å²) in [6, 6.07) is 0. The molecule has 102 valence electrons. The van der Waals surface area contributed by atoms with Crippen LogP contribution in [0.1, 0.15) is 79.1 Å². The third-order valence-electron chi connectivity index (χ3n) is 5.59. The minimum absolute atomic E-state index is 0.537. The van der Waals surface area contributed by atoms with E-state index in [1.165, 1.54) is 51.4 Å². The highest BCUT2D eigenvalue weighted by molar-refractivity contribution is 5.34. The van der Waals surface area contributed by atoms with Crippen molar-refractivity contribution in [2.24, 2.45) is 10.8 Å². The Bertz CT molecular complexity index is 350. The Hall–Kier alpha value is -0.520. The van der Waals surface area contributed by atoms with Crippen LogP contribution < -0.4 is 0 Å². The van der Waals surface area contributed by atoms with E-state index in [-0.39, 0.29) is 0 Å². The van der Waals surface area contributed by atoms with Gasteiger partial charge in [0, 0.05) is 0 Å². The highest BCUT2D eigenvalue weighted by Gasteiger charge is 2.30. The molecule has 0 aliphatic heterocycles. The summed E-state index contributed by atoms with van der Waals surface area (Å²) in [5, 5.41) is 0. The molecule has 0 unspecified atom stereocenters. The number of hydrogen-bond donors (Lipinski definition) is 0. The maximum atomic E-state index is 2.57. The van der Waals surface area contributed by atoms with Crippen LogP contribution in [0.25, 0.3) is 0 Å². The van der Waals surface area contributed by atoms with Gasteiger partial charge in [0.2, 0.25) is 0 Å². The van der Waals surface area contributed by atoms with Crippen LogP contribution in [0.15, 0.2) is 23.3 Å². The second-order valence-electron chi connectivity index (χ2n) is 7.24. The van der Waals surface area contributed by atoms with Gasteiger partial charge < -0.3 is 0 Å². The van der Waals surface area contributed by atoms with Gasteiger partial charge in [0.05, 0.1) is 0 Å². The van der Waals surface area contributed by atoms with Crippen molar-refractivity contribution in [2.45, 2.75) is 79.1 Å². The Kier molecular flexibility index (Phi) is 4.04. The van der Waals surface area contributed by atoms with Crippen molar-refractivity contribution in [3.05, 3.63) is 23.3 Å². The van der Waals surface area contributed by atoms with E-state index in [1.807, 2.05) is 0 Å². The summed E-state index contributed by atoms with van der Waals surface area (Å²) in [4.78, 5) is 0. The second kappa shape index (κ2) is 5.23. The van der Waals surface area contributed by atoms with E-state index in [1.54, 1.807) is 11.1 Å². The highest BCUT2D eigenvalue weighted by Crippen LogP contribution is 2.45. The summed E-state index contributed by atoms with van der Waals surface area (Å²) < 4.78 is 0. The molecule has 0 fully saturated rings. The van der Waals surface area contributed by atoms with E-state index in [0.717, 1.165) is 0 Å². The van der Waals surface area contributed by atoms with E-state index in [9.17, 15) is 0 Å². The first-order valence-electron chi connectivity index (χ1n) is 7.89. The molecule has 0 atom stereocenters. The van der Waals surface area contributed by atoms with E-state index < -0.39 is 0 Å². The molecule has 0 nitrogen and oxygen atoms in total. The lowest BCUT2D eigenvalue weighted by molar-refractivity contribution is 0.231. The van der Waals surface area contributed by atoms with Gasteiger partial charge >= 0.3 is 0 Å². The van der Waals surface area contributed by atoms with Crippen LogP contribution in [-0.4, -0.2) is 0 Å². The SMILES string of the molecule is CCC1(CC)CC=C(C2=CCC(C)(C)CC2)CC1. The van der Waals surface area contributed by atoms with Crippen LogP contribution >= 0.6 is 0 Å². The Balaban J connectivity index is 2.05. The third kappa shape index (κ3) is 2.90. The Morgan fingerprint density at radius 2 is 1.44 bits per heavy atom. The lowest BCUT2D eigenvalue weighted by atomic mass is 9.69. The molecule has 0 spiro atoms. The summed E-state index contributed by atoms with van der Waals surface area (Å²) in [7, 11) is 0. The summed E-state index contributed by atoms with van der Waals surface area (Å²) in [5.41, 5.74) is 4.52. The van der Waals surface area contributed by atoms with Crippen molar-refractivity contribution >= 4 is 0 Å². The van der Waals surface area contributed by atoms with Crippen LogP contribution in [-0.2, 0) is 0 Å². The minimum Gasteiger partial charge on any atom is -0.0805 e. The van der Waals surface area contributed by atoms with Crippen molar-refractivity contribution in [3.63, 3.8) is 0 Å². The van der Waals surface area contributed by atoms with Gasteiger partial charge in [0.25, 0.3) is 0 Å². The zero-order chi connectivity index (χ0) is 13.2. The average Bonchev–Trinajstić information content (AvgIpc) is 2.39. The molecule has 0 heteroatoms. The molecule has 0 amide bonds. The molecule has 0 aromatic rings. The van der Waals surface area contributed by atoms with Crippen LogP contribution in [0.3, 0.4) is 0 Å². The van der Waals surface area contributed by atoms with Crippen molar-refractivity contribution < 1.29 is 0 Å². The molecule has 0 bridgehead atoms. The molecule has 0 aromatic carbocycles. The molecule has 0 saturated carbocycles. The van der Waals surface area contributed by atoms with Crippen LogP contribution in [0.2, 0.25) is 0 Å². The number of allylic oxidation sites excluding steroid dienone is 4. The van der Waals surface area contributed by atoms with E-state index in [0.29, 0.717) is 10.8 Å². The van der Waals surface area contributed by atoms with Crippen LogP contribution in [0, 0.1) is 10.8 Å². The normalized spacial score (nSPS) is 26.4. The monoisotopic (exact) mass is 246 g/mol. The number of hydrogen-bond acceptors (Lipinski definition) is 0. The van der Waals surface area contributed by atoms with Gasteiger partial charge in [-0.05, 0) is 60.5 Å². The van der Waals surface area contributed by atoms with E-state index in [4.69, 9.17) is 0 Å². The lowest BCUT2D eigenvalue weighted by Crippen LogP contribution is -2.22. The smallest absolute Gasteiger partial charge is 0.0265 e. The topological polar surface area (TPSA) is 0 Å². The lowest BCUT2D eigenvalue weighted by Gasteiger charge is -2.37. The van der Waals surface area contributed by atoms with Gasteiger partial charge in [-0.1, -0.05) is 52.7 Å². The fraction of sp³-hybridized carbons (Fsp3) is 0.778. The zero-order valence-corrected chi connectivity index (χ0v) is 12.8. The molecule has 0 heterocycles. The predicted molar refractivity (Wildman–Crippen MR) is 80.7 cm³/mol. The van der Waals surface area contributed by atoms with E-state index >= 15 is 0 Å². The molecule has 2 rings (SSSR count). The van der Waals surface area contributed by atoms with Crippen molar-refractivity contribution in [3.8, 4) is 0 Å². The van der Waals surface area contributed by atoms with Gasteiger partial charge in [-0.25, -0.2) is 0 Å². The summed E-state index contributed by atoms with van der Waals surface area (Å²) in [6.07, 6.45) is 15.8. The second-order valence-corrected chi connectivity index (χ2v) is 7.24. The molecule has 0 aromatic heterocycles. The maximum Gasteiger partial charge on any atom is -0.0265 e. The Labute approximate surface area is 114 Å². The van der Waals surface area contributed by atoms with Gasteiger partial charge in [0.1, 0.15) is 0 Å². The van der Waals surface area contributed by atoms with Crippen molar-refractivity contribution in [2.75, 3.05) is 0 Å². The average molecular weight is 246 g/mol. The zero-order valence-electron chi connectivity index (χ0n) is 12.8. The quantitative estimate of drug-likeness (QED) is 0.569. The molecular formula is C18H30. The number of rotatable bonds is 3. The standard InChI is InChI=1S/C18H30/c1-5-18(6-2)13-9-16(10-14-18)15-7-11-17(3,4)12-8-15/h7,9H,5-6,8,10-14H2,1-4H3. The Morgan fingerprint density at radius 3 is 1.83 bits per heavy atom. The van der Waals surface area contributed by atoms with Crippen molar-refractivity contribution in [1.82, 2.24) is 0 Å². The van der Waals surface area contributed by atoms with Gasteiger partial charge in [-0.2, -0.15) is 0 Å². The summed E-state index contributed by atoms with van der Waals surface area (Å²) >= 11 is 0.